The van der Waals surface area contributed by atoms with E-state index in [0.29, 0.717) is 6.54 Å². The van der Waals surface area contributed by atoms with Crippen molar-refractivity contribution in [3.63, 3.8) is 0 Å². The van der Waals surface area contributed by atoms with Crippen LogP contribution in [0.15, 0.2) is 30.3 Å². The van der Waals surface area contributed by atoms with Crippen molar-refractivity contribution < 1.29 is 23.0 Å². The predicted octanol–water partition coefficient (Wildman–Crippen LogP) is 2.59. The van der Waals surface area contributed by atoms with Crippen molar-refractivity contribution in [1.82, 2.24) is 4.90 Å². The fraction of sp³-hybridized carbons (Fsp3) is 0.600. The minimum Gasteiger partial charge on any atom is -0.395 e. The Bertz CT molecular complexity index is 452. The summed E-state index contributed by atoms with van der Waals surface area (Å²) >= 11 is 0. The Balaban J connectivity index is 2.20. The van der Waals surface area contributed by atoms with Crippen LogP contribution in [-0.4, -0.2) is 47.6 Å². The highest BCUT2D eigenvalue weighted by Crippen LogP contribution is 2.40. The van der Waals surface area contributed by atoms with Crippen LogP contribution in [0.1, 0.15) is 18.9 Å². The number of aliphatic hydroxyl groups excluding tert-OH is 1. The van der Waals surface area contributed by atoms with Crippen molar-refractivity contribution in [1.29, 1.82) is 0 Å². The fourth-order valence-electron chi connectivity index (χ4n) is 2.62. The lowest BCUT2D eigenvalue weighted by atomic mass is 9.95. The number of ether oxygens (including phenoxy) is 1. The van der Waals surface area contributed by atoms with Crippen molar-refractivity contribution in [2.75, 3.05) is 19.8 Å². The zero-order chi connectivity index (χ0) is 15.5. The van der Waals surface area contributed by atoms with Crippen LogP contribution in [0, 0.1) is 0 Å². The Morgan fingerprint density at radius 1 is 1.33 bits per heavy atom. The molecule has 2 atom stereocenters. The molecule has 0 unspecified atom stereocenters. The smallest absolute Gasteiger partial charge is 0.395 e. The van der Waals surface area contributed by atoms with Gasteiger partial charge in [0.1, 0.15) is 0 Å². The molecule has 0 aromatic heterocycles. The molecule has 0 bridgehead atoms. The number of hydrogen-bond donors (Lipinski definition) is 1. The molecule has 1 aliphatic rings. The van der Waals surface area contributed by atoms with Crippen molar-refractivity contribution in [3.05, 3.63) is 35.9 Å². The summed E-state index contributed by atoms with van der Waals surface area (Å²) in [5, 5.41) is 9.38. The maximum atomic E-state index is 13.3. The van der Waals surface area contributed by atoms with Gasteiger partial charge in [0.15, 0.2) is 5.60 Å². The third-order valence-electron chi connectivity index (χ3n) is 4.05. The van der Waals surface area contributed by atoms with E-state index in [1.165, 1.54) is 6.92 Å². The minimum absolute atomic E-state index is 0.114. The van der Waals surface area contributed by atoms with Gasteiger partial charge in [0.25, 0.3) is 0 Å². The quantitative estimate of drug-likeness (QED) is 0.928. The van der Waals surface area contributed by atoms with Crippen LogP contribution in [0.3, 0.4) is 0 Å². The number of rotatable bonds is 4. The van der Waals surface area contributed by atoms with Gasteiger partial charge in [0.2, 0.25) is 0 Å². The normalized spacial score (nSPS) is 27.8. The van der Waals surface area contributed by atoms with Gasteiger partial charge in [0.05, 0.1) is 19.3 Å². The molecule has 0 amide bonds. The third-order valence-corrected chi connectivity index (χ3v) is 4.05. The SMILES string of the molecule is CC[C@]1(C(F)(F)F)CN(Cc2ccccc2)[C@H](CO)CO1. The van der Waals surface area contributed by atoms with Crippen molar-refractivity contribution in [3.8, 4) is 0 Å². The van der Waals surface area contributed by atoms with Gasteiger partial charge >= 0.3 is 6.18 Å². The molecule has 21 heavy (non-hydrogen) atoms. The first kappa shape index (κ1) is 16.3. The first-order chi connectivity index (χ1) is 9.92. The highest BCUT2D eigenvalue weighted by Gasteiger charge is 2.58. The van der Waals surface area contributed by atoms with Gasteiger partial charge in [-0.05, 0) is 12.0 Å². The second kappa shape index (κ2) is 6.34. The Morgan fingerprint density at radius 3 is 2.52 bits per heavy atom. The van der Waals surface area contributed by atoms with E-state index < -0.39 is 17.8 Å². The number of aliphatic hydroxyl groups is 1. The predicted molar refractivity (Wildman–Crippen MR) is 72.8 cm³/mol. The monoisotopic (exact) mass is 303 g/mol. The number of hydrogen-bond acceptors (Lipinski definition) is 3. The molecule has 1 aliphatic heterocycles. The van der Waals surface area contributed by atoms with E-state index in [4.69, 9.17) is 4.74 Å². The summed E-state index contributed by atoms with van der Waals surface area (Å²) in [5.74, 6) is 0. The summed E-state index contributed by atoms with van der Waals surface area (Å²) < 4.78 is 45.1. The molecule has 118 valence electrons. The summed E-state index contributed by atoms with van der Waals surface area (Å²) in [6.45, 7) is 1.26. The van der Waals surface area contributed by atoms with Crippen LogP contribution in [0.25, 0.3) is 0 Å². The Kier molecular flexibility index (Phi) is 4.91. The number of halogens is 3. The first-order valence-corrected chi connectivity index (χ1v) is 7.01. The molecule has 1 heterocycles. The molecule has 1 aromatic carbocycles. The summed E-state index contributed by atoms with van der Waals surface area (Å²) in [5.41, 5.74) is -1.22. The first-order valence-electron chi connectivity index (χ1n) is 7.01. The molecule has 1 fully saturated rings. The van der Waals surface area contributed by atoms with E-state index in [1.807, 2.05) is 30.3 Å². The molecular formula is C15H20F3NO2. The van der Waals surface area contributed by atoms with Gasteiger partial charge in [-0.3, -0.25) is 4.90 Å². The lowest BCUT2D eigenvalue weighted by Gasteiger charge is -2.46. The minimum atomic E-state index is -4.42. The summed E-state index contributed by atoms with van der Waals surface area (Å²) in [6.07, 6.45) is -4.56. The average molecular weight is 303 g/mol. The van der Waals surface area contributed by atoms with Gasteiger partial charge in [-0.15, -0.1) is 0 Å². The van der Waals surface area contributed by atoms with Crippen LogP contribution >= 0.6 is 0 Å². The van der Waals surface area contributed by atoms with E-state index in [1.54, 1.807) is 4.90 Å². The number of morpholine rings is 1. The van der Waals surface area contributed by atoms with Crippen LogP contribution < -0.4 is 0 Å². The Hall–Kier alpha value is -1.11. The maximum absolute atomic E-state index is 13.3. The highest BCUT2D eigenvalue weighted by atomic mass is 19.4. The maximum Gasteiger partial charge on any atom is 0.418 e. The zero-order valence-corrected chi connectivity index (χ0v) is 11.9. The van der Waals surface area contributed by atoms with Crippen LogP contribution in [0.2, 0.25) is 0 Å². The van der Waals surface area contributed by atoms with E-state index >= 15 is 0 Å². The van der Waals surface area contributed by atoms with Crippen molar-refractivity contribution in [2.24, 2.45) is 0 Å². The highest BCUT2D eigenvalue weighted by molar-refractivity contribution is 5.15. The summed E-state index contributed by atoms with van der Waals surface area (Å²) in [6, 6.07) is 8.88. The molecule has 1 aromatic rings. The Morgan fingerprint density at radius 2 is 2.00 bits per heavy atom. The lowest BCUT2D eigenvalue weighted by molar-refractivity contribution is -0.305. The second-order valence-corrected chi connectivity index (χ2v) is 5.38. The molecule has 1 N–H and O–H groups in total. The topological polar surface area (TPSA) is 32.7 Å². The molecule has 3 nitrogen and oxygen atoms in total. The second-order valence-electron chi connectivity index (χ2n) is 5.38. The molecule has 0 spiro atoms. The third kappa shape index (κ3) is 3.39. The molecule has 6 heteroatoms. The van der Waals surface area contributed by atoms with Gasteiger partial charge < -0.3 is 9.84 Å². The standard InChI is InChI=1S/C15H20F3NO2/c1-2-14(15(16,17)18)11-19(13(9-20)10-21-14)8-12-6-4-3-5-7-12/h3-7,13,20H,2,8-11H2,1H3/t13-,14-/m1/s1. The van der Waals surface area contributed by atoms with E-state index in [0.717, 1.165) is 5.56 Å². The molecule has 0 saturated carbocycles. The van der Waals surface area contributed by atoms with Gasteiger partial charge in [-0.25, -0.2) is 0 Å². The van der Waals surface area contributed by atoms with Gasteiger partial charge in [-0.1, -0.05) is 37.3 Å². The van der Waals surface area contributed by atoms with E-state index in [9.17, 15) is 18.3 Å². The van der Waals surface area contributed by atoms with E-state index in [-0.39, 0.29) is 26.2 Å². The molecular weight excluding hydrogens is 283 g/mol. The largest absolute Gasteiger partial charge is 0.418 e. The van der Waals surface area contributed by atoms with E-state index in [2.05, 4.69) is 0 Å². The number of alkyl halides is 3. The zero-order valence-electron chi connectivity index (χ0n) is 11.9. The Labute approximate surface area is 122 Å². The molecule has 2 rings (SSSR count). The van der Waals surface area contributed by atoms with Crippen LogP contribution in [0.4, 0.5) is 13.2 Å². The van der Waals surface area contributed by atoms with Gasteiger partial charge in [-0.2, -0.15) is 13.2 Å². The van der Waals surface area contributed by atoms with Crippen LogP contribution in [0.5, 0.6) is 0 Å². The lowest BCUT2D eigenvalue weighted by Crippen LogP contribution is -2.63. The molecule has 1 saturated heterocycles. The van der Waals surface area contributed by atoms with Crippen molar-refractivity contribution in [2.45, 2.75) is 37.7 Å². The number of nitrogens with zero attached hydrogens (tertiary/aromatic N) is 1. The summed E-state index contributed by atoms with van der Waals surface area (Å²) in [7, 11) is 0. The molecule has 0 aliphatic carbocycles. The average Bonchev–Trinajstić information content (AvgIpc) is 2.47. The number of benzene rings is 1. The van der Waals surface area contributed by atoms with Crippen molar-refractivity contribution >= 4 is 0 Å². The van der Waals surface area contributed by atoms with Crippen LogP contribution in [-0.2, 0) is 11.3 Å². The molecule has 0 radical (unpaired) electrons. The van der Waals surface area contributed by atoms with Gasteiger partial charge in [0, 0.05) is 13.1 Å². The summed E-state index contributed by atoms with van der Waals surface area (Å²) in [4.78, 5) is 1.66. The fourth-order valence-corrected chi connectivity index (χ4v) is 2.62.